The number of carbonyl (C=O) groups excluding carboxylic acids is 1. The fourth-order valence-corrected chi connectivity index (χ4v) is 1.60. The molecule has 0 saturated heterocycles. The zero-order chi connectivity index (χ0) is 13.0. The van der Waals surface area contributed by atoms with Crippen LogP contribution in [0.15, 0.2) is 42.7 Å². The van der Waals surface area contributed by atoms with E-state index in [-0.39, 0.29) is 17.0 Å². The van der Waals surface area contributed by atoms with Crippen molar-refractivity contribution in [1.29, 1.82) is 0 Å². The third-order valence-electron chi connectivity index (χ3n) is 2.37. The number of hydrogen-bond acceptors (Lipinski definition) is 4. The molecular formula is C13H11ClN2O2. The monoisotopic (exact) mass is 262 g/mol. The molecule has 1 aromatic carbocycles. The second kappa shape index (κ2) is 5.60. The molecule has 0 aliphatic heterocycles. The molecule has 0 saturated carbocycles. The SMILES string of the molecule is CC(OC(=O)c1cncc(Cl)n1)c1ccccc1. The molecule has 1 atom stereocenters. The number of hydrogen-bond donors (Lipinski definition) is 0. The molecule has 0 bridgehead atoms. The first-order valence-corrected chi connectivity index (χ1v) is 5.78. The van der Waals surface area contributed by atoms with Crippen molar-refractivity contribution < 1.29 is 9.53 Å². The highest BCUT2D eigenvalue weighted by Gasteiger charge is 2.15. The summed E-state index contributed by atoms with van der Waals surface area (Å²) in [6.07, 6.45) is 2.34. The summed E-state index contributed by atoms with van der Waals surface area (Å²) in [5.74, 6) is -0.540. The number of esters is 1. The van der Waals surface area contributed by atoms with Gasteiger partial charge in [0.2, 0.25) is 0 Å². The van der Waals surface area contributed by atoms with Gasteiger partial charge < -0.3 is 4.74 Å². The molecule has 0 aliphatic rings. The van der Waals surface area contributed by atoms with Crippen LogP contribution in [0.25, 0.3) is 0 Å². The fraction of sp³-hybridized carbons (Fsp3) is 0.154. The third-order valence-corrected chi connectivity index (χ3v) is 2.55. The Labute approximate surface area is 110 Å². The Morgan fingerprint density at radius 3 is 2.67 bits per heavy atom. The normalized spacial score (nSPS) is 11.9. The molecule has 1 heterocycles. The minimum Gasteiger partial charge on any atom is -0.453 e. The van der Waals surface area contributed by atoms with E-state index in [1.165, 1.54) is 12.4 Å². The van der Waals surface area contributed by atoms with Crippen LogP contribution >= 0.6 is 11.6 Å². The zero-order valence-electron chi connectivity index (χ0n) is 9.71. The van der Waals surface area contributed by atoms with E-state index in [0.717, 1.165) is 5.56 Å². The number of halogens is 1. The number of rotatable bonds is 3. The summed E-state index contributed by atoms with van der Waals surface area (Å²) in [6.45, 7) is 1.80. The fourth-order valence-electron chi connectivity index (χ4n) is 1.45. The van der Waals surface area contributed by atoms with Gasteiger partial charge >= 0.3 is 5.97 Å². The number of nitrogens with zero attached hydrogens (tertiary/aromatic N) is 2. The van der Waals surface area contributed by atoms with Crippen LogP contribution in [0.5, 0.6) is 0 Å². The van der Waals surface area contributed by atoms with Gasteiger partial charge in [0.1, 0.15) is 11.3 Å². The Kier molecular flexibility index (Phi) is 3.89. The standard InChI is InChI=1S/C13H11ClN2O2/c1-9(10-5-3-2-4-6-10)18-13(17)11-7-15-8-12(14)16-11/h2-9H,1H3. The van der Waals surface area contributed by atoms with E-state index in [1.807, 2.05) is 30.3 Å². The molecule has 0 fully saturated rings. The smallest absolute Gasteiger partial charge is 0.359 e. The molecule has 0 N–H and O–H groups in total. The van der Waals surface area contributed by atoms with E-state index >= 15 is 0 Å². The van der Waals surface area contributed by atoms with Crippen LogP contribution in [0.3, 0.4) is 0 Å². The summed E-state index contributed by atoms with van der Waals surface area (Å²) in [5, 5.41) is 0.164. The van der Waals surface area contributed by atoms with Crippen molar-refractivity contribution in [2.75, 3.05) is 0 Å². The van der Waals surface area contributed by atoms with Crippen LogP contribution in [0.1, 0.15) is 29.1 Å². The second-order valence-electron chi connectivity index (χ2n) is 3.69. The summed E-state index contributed by atoms with van der Waals surface area (Å²) >= 11 is 5.66. The summed E-state index contributed by atoms with van der Waals surface area (Å²) < 4.78 is 5.28. The minimum absolute atomic E-state index is 0.102. The zero-order valence-corrected chi connectivity index (χ0v) is 10.5. The van der Waals surface area contributed by atoms with Crippen molar-refractivity contribution in [3.05, 3.63) is 59.1 Å². The van der Waals surface area contributed by atoms with Crippen molar-refractivity contribution in [1.82, 2.24) is 9.97 Å². The maximum atomic E-state index is 11.8. The van der Waals surface area contributed by atoms with Gasteiger partial charge in [-0.15, -0.1) is 0 Å². The number of benzene rings is 1. The Morgan fingerprint density at radius 1 is 1.28 bits per heavy atom. The van der Waals surface area contributed by atoms with E-state index in [1.54, 1.807) is 6.92 Å². The number of ether oxygens (including phenoxy) is 1. The van der Waals surface area contributed by atoms with Crippen LogP contribution in [-0.2, 0) is 4.74 Å². The van der Waals surface area contributed by atoms with Crippen molar-refractivity contribution in [2.45, 2.75) is 13.0 Å². The van der Waals surface area contributed by atoms with Gasteiger partial charge in [0.15, 0.2) is 5.69 Å². The first kappa shape index (κ1) is 12.5. The first-order valence-electron chi connectivity index (χ1n) is 5.40. The van der Waals surface area contributed by atoms with E-state index in [9.17, 15) is 4.79 Å². The molecule has 18 heavy (non-hydrogen) atoms. The number of aromatic nitrogens is 2. The van der Waals surface area contributed by atoms with Crippen LogP contribution in [0.4, 0.5) is 0 Å². The average molecular weight is 263 g/mol. The molecule has 0 radical (unpaired) electrons. The van der Waals surface area contributed by atoms with Crippen LogP contribution in [0, 0.1) is 0 Å². The van der Waals surface area contributed by atoms with Gasteiger partial charge in [-0.05, 0) is 12.5 Å². The van der Waals surface area contributed by atoms with E-state index in [2.05, 4.69) is 9.97 Å². The highest BCUT2D eigenvalue weighted by Crippen LogP contribution is 2.17. The molecule has 4 nitrogen and oxygen atoms in total. The maximum Gasteiger partial charge on any atom is 0.359 e. The van der Waals surface area contributed by atoms with Gasteiger partial charge in [0.25, 0.3) is 0 Å². The summed E-state index contributed by atoms with van der Waals surface area (Å²) in [7, 11) is 0. The molecular weight excluding hydrogens is 252 g/mol. The molecule has 2 rings (SSSR count). The van der Waals surface area contributed by atoms with Gasteiger partial charge in [-0.1, -0.05) is 41.9 Å². The summed E-state index contributed by atoms with van der Waals surface area (Å²) in [4.78, 5) is 19.4. The van der Waals surface area contributed by atoms with Crippen molar-refractivity contribution in [3.8, 4) is 0 Å². The second-order valence-corrected chi connectivity index (χ2v) is 4.07. The molecule has 1 aromatic heterocycles. The lowest BCUT2D eigenvalue weighted by molar-refractivity contribution is 0.0330. The summed E-state index contributed by atoms with van der Waals surface area (Å²) in [6, 6.07) is 9.46. The molecule has 92 valence electrons. The maximum absolute atomic E-state index is 11.8. The minimum atomic E-state index is -0.540. The molecule has 0 aliphatic carbocycles. The highest BCUT2D eigenvalue weighted by atomic mass is 35.5. The van der Waals surface area contributed by atoms with Gasteiger partial charge in [0, 0.05) is 0 Å². The van der Waals surface area contributed by atoms with Gasteiger partial charge in [-0.25, -0.2) is 9.78 Å². The Balaban J connectivity index is 2.08. The molecule has 0 spiro atoms. The largest absolute Gasteiger partial charge is 0.453 e. The Bertz CT molecular complexity index is 546. The summed E-state index contributed by atoms with van der Waals surface area (Å²) in [5.41, 5.74) is 1.02. The molecule has 0 amide bonds. The lowest BCUT2D eigenvalue weighted by Gasteiger charge is -2.12. The quantitative estimate of drug-likeness (QED) is 0.798. The van der Waals surface area contributed by atoms with Crippen molar-refractivity contribution in [3.63, 3.8) is 0 Å². The highest BCUT2D eigenvalue weighted by molar-refractivity contribution is 6.29. The van der Waals surface area contributed by atoms with Crippen LogP contribution in [-0.4, -0.2) is 15.9 Å². The average Bonchev–Trinajstić information content (AvgIpc) is 2.39. The van der Waals surface area contributed by atoms with Gasteiger partial charge in [0.05, 0.1) is 12.4 Å². The van der Waals surface area contributed by atoms with Crippen molar-refractivity contribution >= 4 is 17.6 Å². The lowest BCUT2D eigenvalue weighted by atomic mass is 10.1. The van der Waals surface area contributed by atoms with Gasteiger partial charge in [-0.3, -0.25) is 4.98 Å². The lowest BCUT2D eigenvalue weighted by Crippen LogP contribution is -2.11. The third kappa shape index (κ3) is 3.05. The van der Waals surface area contributed by atoms with Crippen LogP contribution < -0.4 is 0 Å². The topological polar surface area (TPSA) is 52.1 Å². The first-order chi connectivity index (χ1) is 8.66. The molecule has 1 unspecified atom stereocenters. The Hall–Kier alpha value is -1.94. The van der Waals surface area contributed by atoms with E-state index < -0.39 is 5.97 Å². The van der Waals surface area contributed by atoms with Crippen molar-refractivity contribution in [2.24, 2.45) is 0 Å². The predicted octanol–water partition coefficient (Wildman–Crippen LogP) is 3.05. The Morgan fingerprint density at radius 2 is 2.00 bits per heavy atom. The van der Waals surface area contributed by atoms with Crippen LogP contribution in [0.2, 0.25) is 5.15 Å². The molecule has 5 heteroatoms. The van der Waals surface area contributed by atoms with E-state index in [0.29, 0.717) is 0 Å². The van der Waals surface area contributed by atoms with E-state index in [4.69, 9.17) is 16.3 Å². The predicted molar refractivity (Wildman–Crippen MR) is 67.3 cm³/mol. The van der Waals surface area contributed by atoms with Gasteiger partial charge in [-0.2, -0.15) is 0 Å². The molecule has 2 aromatic rings. The number of carbonyl (C=O) groups is 1.